The number of nitrogens with one attached hydrogen (secondary N) is 1. The minimum atomic E-state index is -0.0519. The molecule has 0 radical (unpaired) electrons. The summed E-state index contributed by atoms with van der Waals surface area (Å²) < 4.78 is 0.674. The molecule has 4 nitrogen and oxygen atoms in total. The number of rotatable bonds is 1. The Labute approximate surface area is 128 Å². The second-order valence-corrected chi connectivity index (χ2v) is 5.90. The van der Waals surface area contributed by atoms with E-state index in [9.17, 15) is 4.79 Å². The standard InChI is InChI=1S/C14H11BrClN3O/c1-19(2)10-6-4-8-13(20)7-3-5-9(16)11(15)12(7)18-14(8)17-10/h3-6H,1-2H3,(H,17,18,20). The number of fused-ring (bicyclic) bond motifs is 2. The van der Waals surface area contributed by atoms with E-state index in [1.807, 2.05) is 25.1 Å². The lowest BCUT2D eigenvalue weighted by molar-refractivity contribution is 1.08. The topological polar surface area (TPSA) is 49.0 Å². The molecule has 0 aliphatic rings. The molecule has 0 aliphatic heterocycles. The van der Waals surface area contributed by atoms with Gasteiger partial charge in [0.2, 0.25) is 0 Å². The van der Waals surface area contributed by atoms with E-state index in [2.05, 4.69) is 25.9 Å². The molecule has 3 aromatic rings. The zero-order valence-corrected chi connectivity index (χ0v) is 13.2. The van der Waals surface area contributed by atoms with E-state index in [0.717, 1.165) is 5.82 Å². The predicted molar refractivity (Wildman–Crippen MR) is 86.9 cm³/mol. The first kappa shape index (κ1) is 13.4. The van der Waals surface area contributed by atoms with Crippen LogP contribution in [0, 0.1) is 0 Å². The van der Waals surface area contributed by atoms with E-state index in [1.165, 1.54) is 0 Å². The van der Waals surface area contributed by atoms with Crippen molar-refractivity contribution in [2.24, 2.45) is 0 Å². The van der Waals surface area contributed by atoms with E-state index in [4.69, 9.17) is 11.6 Å². The van der Waals surface area contributed by atoms with Crippen LogP contribution in [0.1, 0.15) is 0 Å². The summed E-state index contributed by atoms with van der Waals surface area (Å²) in [5.74, 6) is 0.783. The van der Waals surface area contributed by atoms with Crippen molar-refractivity contribution in [2.45, 2.75) is 0 Å². The number of anilines is 1. The van der Waals surface area contributed by atoms with Crippen LogP contribution in [0.3, 0.4) is 0 Å². The molecule has 102 valence electrons. The molecule has 0 bridgehead atoms. The summed E-state index contributed by atoms with van der Waals surface area (Å²) in [7, 11) is 3.81. The second kappa shape index (κ2) is 4.75. The van der Waals surface area contributed by atoms with Gasteiger partial charge in [-0.05, 0) is 40.2 Å². The lowest BCUT2D eigenvalue weighted by Crippen LogP contribution is -2.12. The quantitative estimate of drug-likeness (QED) is 0.681. The fraction of sp³-hybridized carbons (Fsp3) is 0.143. The lowest BCUT2D eigenvalue weighted by atomic mass is 10.1. The Morgan fingerprint density at radius 2 is 1.90 bits per heavy atom. The maximum absolute atomic E-state index is 12.5. The average Bonchev–Trinajstić information content (AvgIpc) is 2.43. The zero-order chi connectivity index (χ0) is 14.4. The van der Waals surface area contributed by atoms with Crippen LogP contribution in [-0.4, -0.2) is 24.1 Å². The molecule has 1 aromatic carbocycles. The molecule has 0 spiro atoms. The van der Waals surface area contributed by atoms with Crippen LogP contribution in [0.25, 0.3) is 21.9 Å². The van der Waals surface area contributed by atoms with Crippen LogP contribution < -0.4 is 10.3 Å². The van der Waals surface area contributed by atoms with Crippen molar-refractivity contribution in [2.75, 3.05) is 19.0 Å². The summed E-state index contributed by atoms with van der Waals surface area (Å²) in [4.78, 5) is 22.0. The summed E-state index contributed by atoms with van der Waals surface area (Å²) in [5.41, 5.74) is 1.17. The highest BCUT2D eigenvalue weighted by Crippen LogP contribution is 2.29. The van der Waals surface area contributed by atoms with Crippen molar-refractivity contribution < 1.29 is 0 Å². The first-order valence-corrected chi connectivity index (χ1v) is 7.14. The van der Waals surface area contributed by atoms with Crippen molar-refractivity contribution in [1.82, 2.24) is 9.97 Å². The molecule has 0 aliphatic carbocycles. The van der Waals surface area contributed by atoms with Crippen molar-refractivity contribution >= 4 is 55.3 Å². The number of aromatic nitrogens is 2. The number of benzene rings is 1. The van der Waals surface area contributed by atoms with Gasteiger partial charge in [0.25, 0.3) is 0 Å². The number of hydrogen-bond donors (Lipinski definition) is 1. The summed E-state index contributed by atoms with van der Waals surface area (Å²) in [5, 5.41) is 1.71. The van der Waals surface area contributed by atoms with Gasteiger partial charge in [0, 0.05) is 19.5 Å². The van der Waals surface area contributed by atoms with Gasteiger partial charge in [-0.3, -0.25) is 4.79 Å². The molecule has 3 rings (SSSR count). The van der Waals surface area contributed by atoms with Crippen LogP contribution in [-0.2, 0) is 0 Å². The minimum Gasteiger partial charge on any atom is -0.363 e. The van der Waals surface area contributed by atoms with Gasteiger partial charge < -0.3 is 9.88 Å². The van der Waals surface area contributed by atoms with Gasteiger partial charge in [-0.2, -0.15) is 0 Å². The highest BCUT2D eigenvalue weighted by atomic mass is 79.9. The summed E-state index contributed by atoms with van der Waals surface area (Å²) in [6, 6.07) is 7.05. The van der Waals surface area contributed by atoms with E-state index in [0.29, 0.717) is 31.4 Å². The second-order valence-electron chi connectivity index (χ2n) is 4.70. The molecular weight excluding hydrogens is 342 g/mol. The van der Waals surface area contributed by atoms with Crippen molar-refractivity contribution in [3.8, 4) is 0 Å². The van der Waals surface area contributed by atoms with Crippen LogP contribution >= 0.6 is 27.5 Å². The SMILES string of the molecule is CN(C)c1ccc2c(=O)c3ccc(Cl)c(Br)c3[nH]c2n1. The molecule has 0 unspecified atom stereocenters. The molecular formula is C14H11BrClN3O. The molecule has 0 amide bonds. The van der Waals surface area contributed by atoms with Crippen LogP contribution in [0.15, 0.2) is 33.5 Å². The van der Waals surface area contributed by atoms with Crippen LogP contribution in [0.2, 0.25) is 5.02 Å². The van der Waals surface area contributed by atoms with Gasteiger partial charge in [-0.1, -0.05) is 11.6 Å². The first-order chi connectivity index (χ1) is 9.49. The summed E-state index contributed by atoms with van der Waals surface area (Å²) >= 11 is 9.48. The molecule has 0 saturated carbocycles. The van der Waals surface area contributed by atoms with Gasteiger partial charge in [0.15, 0.2) is 5.43 Å². The minimum absolute atomic E-state index is 0.0519. The number of hydrogen-bond acceptors (Lipinski definition) is 3. The maximum Gasteiger partial charge on any atom is 0.198 e. The van der Waals surface area contributed by atoms with E-state index >= 15 is 0 Å². The van der Waals surface area contributed by atoms with Crippen LogP contribution in [0.4, 0.5) is 5.82 Å². The highest BCUT2D eigenvalue weighted by Gasteiger charge is 2.11. The van der Waals surface area contributed by atoms with Gasteiger partial charge in [0.1, 0.15) is 11.5 Å². The fourth-order valence-electron chi connectivity index (χ4n) is 2.10. The Hall–Kier alpha value is -1.59. The fourth-order valence-corrected chi connectivity index (χ4v) is 2.70. The van der Waals surface area contributed by atoms with Crippen molar-refractivity contribution in [3.05, 3.63) is 44.0 Å². The molecule has 6 heteroatoms. The molecule has 2 heterocycles. The monoisotopic (exact) mass is 351 g/mol. The first-order valence-electron chi connectivity index (χ1n) is 5.97. The Bertz CT molecular complexity index is 889. The number of aromatic amines is 1. The zero-order valence-electron chi connectivity index (χ0n) is 10.9. The van der Waals surface area contributed by atoms with Crippen LogP contribution in [0.5, 0.6) is 0 Å². The third-order valence-corrected chi connectivity index (χ3v) is 4.53. The van der Waals surface area contributed by atoms with Gasteiger partial charge in [0.05, 0.1) is 20.4 Å². The predicted octanol–water partition coefficient (Wildman–Crippen LogP) is 3.56. The van der Waals surface area contributed by atoms with E-state index < -0.39 is 0 Å². The third-order valence-electron chi connectivity index (χ3n) is 3.17. The van der Waals surface area contributed by atoms with E-state index in [1.54, 1.807) is 18.2 Å². The van der Waals surface area contributed by atoms with Crippen molar-refractivity contribution in [1.29, 1.82) is 0 Å². The van der Waals surface area contributed by atoms with Crippen molar-refractivity contribution in [3.63, 3.8) is 0 Å². The van der Waals surface area contributed by atoms with Gasteiger partial charge in [-0.25, -0.2) is 4.98 Å². The molecule has 2 aromatic heterocycles. The average molecular weight is 353 g/mol. The Kier molecular flexibility index (Phi) is 3.18. The molecule has 20 heavy (non-hydrogen) atoms. The molecule has 1 N–H and O–H groups in total. The Balaban J connectivity index is 2.48. The summed E-state index contributed by atoms with van der Waals surface area (Å²) in [6.07, 6.45) is 0. The number of H-pyrrole nitrogens is 1. The number of halogens is 2. The highest BCUT2D eigenvalue weighted by molar-refractivity contribution is 9.10. The Morgan fingerprint density at radius 1 is 1.20 bits per heavy atom. The maximum atomic E-state index is 12.5. The number of nitrogens with zero attached hydrogens (tertiary/aromatic N) is 2. The van der Waals surface area contributed by atoms with Gasteiger partial charge in [-0.15, -0.1) is 0 Å². The number of pyridine rings is 2. The van der Waals surface area contributed by atoms with E-state index in [-0.39, 0.29) is 5.43 Å². The third kappa shape index (κ3) is 1.98. The largest absolute Gasteiger partial charge is 0.363 e. The molecule has 0 fully saturated rings. The molecule has 0 atom stereocenters. The Morgan fingerprint density at radius 3 is 2.60 bits per heavy atom. The smallest absolute Gasteiger partial charge is 0.198 e. The van der Waals surface area contributed by atoms with Gasteiger partial charge >= 0.3 is 0 Å². The summed E-state index contributed by atoms with van der Waals surface area (Å²) in [6.45, 7) is 0. The molecule has 0 saturated heterocycles. The normalized spacial score (nSPS) is 11.2. The lowest BCUT2D eigenvalue weighted by Gasteiger charge is -2.12.